The Morgan fingerprint density at radius 3 is 2.68 bits per heavy atom. The van der Waals surface area contributed by atoms with Crippen LogP contribution in [0.1, 0.15) is 17.0 Å². The zero-order valence-corrected chi connectivity index (χ0v) is 11.4. The lowest BCUT2D eigenvalue weighted by molar-refractivity contribution is -0.481. The van der Waals surface area contributed by atoms with Crippen LogP contribution in [0, 0.1) is 15.9 Å². The largest absolute Gasteiger partial charge is 0.507 e. The first-order valence-electron chi connectivity index (χ1n) is 6.54. The highest BCUT2D eigenvalue weighted by Gasteiger charge is 2.27. The van der Waals surface area contributed by atoms with E-state index in [1.807, 2.05) is 0 Å². The Kier molecular flexibility index (Phi) is 3.54. The zero-order valence-electron chi connectivity index (χ0n) is 11.4. The van der Waals surface area contributed by atoms with Crippen molar-refractivity contribution >= 4 is 0 Å². The molecule has 7 heteroatoms. The Balaban J connectivity index is 2.08. The molecule has 0 aromatic heterocycles. The van der Waals surface area contributed by atoms with Crippen LogP contribution in [-0.2, 0) is 0 Å². The number of phenolic OH excluding ortho intramolecular Hbond substituents is 1. The van der Waals surface area contributed by atoms with E-state index in [0.717, 1.165) is 0 Å². The molecule has 0 fully saturated rings. The molecule has 0 bridgehead atoms. The van der Waals surface area contributed by atoms with Gasteiger partial charge < -0.3 is 14.6 Å². The molecular weight excluding hydrogens is 293 g/mol. The highest BCUT2D eigenvalue weighted by Crippen LogP contribution is 2.42. The van der Waals surface area contributed by atoms with Crippen LogP contribution in [-0.4, -0.2) is 23.4 Å². The number of fused-ring (bicyclic) bond motifs is 1. The molecule has 1 aliphatic rings. The molecule has 1 aliphatic heterocycles. The van der Waals surface area contributed by atoms with Gasteiger partial charge in [0, 0.05) is 16.6 Å². The van der Waals surface area contributed by atoms with Gasteiger partial charge in [-0.05, 0) is 23.8 Å². The molecule has 6 nitrogen and oxygen atoms in total. The first kappa shape index (κ1) is 14.1. The predicted octanol–water partition coefficient (Wildman–Crippen LogP) is 2.67. The van der Waals surface area contributed by atoms with Gasteiger partial charge in [0.15, 0.2) is 11.5 Å². The maximum Gasteiger partial charge on any atom is 0.231 e. The smallest absolute Gasteiger partial charge is 0.231 e. The molecule has 1 heterocycles. The Hall–Kier alpha value is -2.83. The number of nitro groups is 1. The fourth-order valence-corrected chi connectivity index (χ4v) is 2.48. The molecule has 0 saturated heterocycles. The van der Waals surface area contributed by atoms with E-state index in [9.17, 15) is 19.6 Å². The van der Waals surface area contributed by atoms with Gasteiger partial charge in [0.05, 0.1) is 5.92 Å². The van der Waals surface area contributed by atoms with E-state index in [2.05, 4.69) is 0 Å². The van der Waals surface area contributed by atoms with Crippen molar-refractivity contribution in [3.63, 3.8) is 0 Å². The summed E-state index contributed by atoms with van der Waals surface area (Å²) >= 11 is 0. The average molecular weight is 305 g/mol. The minimum Gasteiger partial charge on any atom is -0.507 e. The van der Waals surface area contributed by atoms with Crippen LogP contribution in [0.4, 0.5) is 4.39 Å². The van der Waals surface area contributed by atoms with Crippen molar-refractivity contribution in [1.82, 2.24) is 0 Å². The summed E-state index contributed by atoms with van der Waals surface area (Å²) in [5, 5.41) is 21.1. The van der Waals surface area contributed by atoms with Gasteiger partial charge in [-0.2, -0.15) is 0 Å². The lowest BCUT2D eigenvalue weighted by Crippen LogP contribution is -2.14. The number of ether oxygens (including phenoxy) is 2. The number of rotatable bonds is 4. The molecule has 0 radical (unpaired) electrons. The summed E-state index contributed by atoms with van der Waals surface area (Å²) in [6.45, 7) is -0.450. The number of phenols is 1. The second-order valence-electron chi connectivity index (χ2n) is 4.89. The normalized spacial score (nSPS) is 13.9. The molecular formula is C15H12FNO5. The second kappa shape index (κ2) is 5.51. The van der Waals surface area contributed by atoms with E-state index < -0.39 is 23.2 Å². The van der Waals surface area contributed by atoms with E-state index in [-0.39, 0.29) is 12.5 Å². The van der Waals surface area contributed by atoms with Crippen molar-refractivity contribution in [2.75, 3.05) is 13.3 Å². The average Bonchev–Trinajstić information content (AvgIpc) is 2.91. The summed E-state index contributed by atoms with van der Waals surface area (Å²) in [6.07, 6.45) is 0. The highest BCUT2D eigenvalue weighted by molar-refractivity contribution is 5.54. The first-order chi connectivity index (χ1) is 10.5. The van der Waals surface area contributed by atoms with Crippen LogP contribution in [0.15, 0.2) is 36.4 Å². The third-order valence-electron chi connectivity index (χ3n) is 3.48. The van der Waals surface area contributed by atoms with Crippen molar-refractivity contribution in [3.8, 4) is 17.2 Å². The van der Waals surface area contributed by atoms with Gasteiger partial charge in [-0.3, -0.25) is 10.1 Å². The molecule has 114 valence electrons. The third-order valence-corrected chi connectivity index (χ3v) is 3.48. The quantitative estimate of drug-likeness (QED) is 0.693. The third kappa shape index (κ3) is 2.65. The van der Waals surface area contributed by atoms with Gasteiger partial charge in [0.2, 0.25) is 13.3 Å². The van der Waals surface area contributed by atoms with Gasteiger partial charge in [0.1, 0.15) is 11.6 Å². The van der Waals surface area contributed by atoms with Crippen LogP contribution in [0.5, 0.6) is 17.2 Å². The van der Waals surface area contributed by atoms with Crippen molar-refractivity contribution in [1.29, 1.82) is 0 Å². The standard InChI is InChI=1S/C15H12FNO5/c16-10-3-1-2-9(4-10)12(7-17(19)20)11-5-14-15(6-13(11)18)22-8-21-14/h1-6,12,18H,7-8H2. The molecule has 1 unspecified atom stereocenters. The van der Waals surface area contributed by atoms with Crippen molar-refractivity contribution < 1.29 is 23.9 Å². The Morgan fingerprint density at radius 2 is 2.00 bits per heavy atom. The number of nitrogens with zero attached hydrogens (tertiary/aromatic N) is 1. The Bertz CT molecular complexity index is 734. The summed E-state index contributed by atoms with van der Waals surface area (Å²) < 4.78 is 23.8. The molecule has 22 heavy (non-hydrogen) atoms. The Labute approximate surface area is 124 Å². The molecule has 0 amide bonds. The van der Waals surface area contributed by atoms with Gasteiger partial charge in [-0.25, -0.2) is 4.39 Å². The second-order valence-corrected chi connectivity index (χ2v) is 4.89. The molecule has 2 aromatic rings. The summed E-state index contributed by atoms with van der Waals surface area (Å²) in [7, 11) is 0. The number of halogens is 1. The van der Waals surface area contributed by atoms with Crippen LogP contribution >= 0.6 is 0 Å². The van der Waals surface area contributed by atoms with Crippen molar-refractivity contribution in [3.05, 3.63) is 63.5 Å². The van der Waals surface area contributed by atoms with E-state index in [4.69, 9.17) is 9.47 Å². The predicted molar refractivity (Wildman–Crippen MR) is 74.3 cm³/mol. The number of hydrogen-bond donors (Lipinski definition) is 1. The molecule has 1 N–H and O–H groups in total. The zero-order chi connectivity index (χ0) is 15.7. The molecule has 2 aromatic carbocycles. The SMILES string of the molecule is O=[N+]([O-])CC(c1cccc(F)c1)c1cc2c(cc1O)OCO2. The summed E-state index contributed by atoms with van der Waals surface area (Å²) in [5.74, 6) is -0.662. The van der Waals surface area contributed by atoms with Crippen molar-refractivity contribution in [2.24, 2.45) is 0 Å². The van der Waals surface area contributed by atoms with E-state index >= 15 is 0 Å². The number of benzene rings is 2. The minimum absolute atomic E-state index is 0.0259. The fraction of sp³-hybridized carbons (Fsp3) is 0.200. The van der Waals surface area contributed by atoms with Gasteiger partial charge >= 0.3 is 0 Å². The van der Waals surface area contributed by atoms with Gasteiger partial charge in [-0.15, -0.1) is 0 Å². The monoisotopic (exact) mass is 305 g/mol. The summed E-state index contributed by atoms with van der Waals surface area (Å²) in [4.78, 5) is 10.5. The van der Waals surface area contributed by atoms with Crippen LogP contribution < -0.4 is 9.47 Å². The molecule has 1 atom stereocenters. The van der Waals surface area contributed by atoms with E-state index in [1.54, 1.807) is 6.07 Å². The molecule has 0 aliphatic carbocycles. The van der Waals surface area contributed by atoms with Crippen LogP contribution in [0.3, 0.4) is 0 Å². The lowest BCUT2D eigenvalue weighted by atomic mass is 9.90. The molecule has 0 spiro atoms. The van der Waals surface area contributed by atoms with Gasteiger partial charge in [0.25, 0.3) is 0 Å². The van der Waals surface area contributed by atoms with Crippen LogP contribution in [0.2, 0.25) is 0 Å². The minimum atomic E-state index is -0.791. The Morgan fingerprint density at radius 1 is 1.27 bits per heavy atom. The maximum atomic E-state index is 13.4. The van der Waals surface area contributed by atoms with E-state index in [0.29, 0.717) is 22.6 Å². The first-order valence-corrected chi connectivity index (χ1v) is 6.54. The van der Waals surface area contributed by atoms with E-state index in [1.165, 1.54) is 30.3 Å². The number of aromatic hydroxyl groups is 1. The van der Waals surface area contributed by atoms with Crippen molar-refractivity contribution in [2.45, 2.75) is 5.92 Å². The molecule has 3 rings (SSSR count). The highest BCUT2D eigenvalue weighted by atomic mass is 19.1. The number of hydrogen-bond acceptors (Lipinski definition) is 5. The summed E-state index contributed by atoms with van der Waals surface area (Å²) in [5.41, 5.74) is 0.706. The summed E-state index contributed by atoms with van der Waals surface area (Å²) in [6, 6.07) is 8.38. The fourth-order valence-electron chi connectivity index (χ4n) is 2.48. The molecule has 0 saturated carbocycles. The maximum absolute atomic E-state index is 13.4. The van der Waals surface area contributed by atoms with Gasteiger partial charge in [-0.1, -0.05) is 12.1 Å². The lowest BCUT2D eigenvalue weighted by Gasteiger charge is -2.16. The topological polar surface area (TPSA) is 81.8 Å². The van der Waals surface area contributed by atoms with Crippen LogP contribution in [0.25, 0.3) is 0 Å².